The van der Waals surface area contributed by atoms with Crippen molar-refractivity contribution in [2.24, 2.45) is 4.99 Å². The predicted octanol–water partition coefficient (Wildman–Crippen LogP) is 4.05. The maximum Gasteiger partial charge on any atom is 0.280 e. The second-order valence-corrected chi connectivity index (χ2v) is 7.10. The number of aliphatic imine (C=N–C) groups is 1. The van der Waals surface area contributed by atoms with Gasteiger partial charge >= 0.3 is 0 Å². The second kappa shape index (κ2) is 7.13. The van der Waals surface area contributed by atoms with Gasteiger partial charge in [0.25, 0.3) is 5.56 Å². The van der Waals surface area contributed by atoms with Crippen LogP contribution in [-0.2, 0) is 0 Å². The molecule has 0 aliphatic rings. The van der Waals surface area contributed by atoms with Crippen LogP contribution in [0.3, 0.4) is 0 Å². The largest absolute Gasteiger partial charge is 0.295 e. The van der Waals surface area contributed by atoms with E-state index in [9.17, 15) is 4.79 Å². The highest BCUT2D eigenvalue weighted by atomic mass is 32.1. The summed E-state index contributed by atoms with van der Waals surface area (Å²) in [4.78, 5) is 17.1. The van der Waals surface area contributed by atoms with Crippen molar-refractivity contribution in [1.29, 1.82) is 0 Å². The van der Waals surface area contributed by atoms with Crippen molar-refractivity contribution >= 4 is 22.7 Å². The lowest BCUT2D eigenvalue weighted by Gasteiger charge is -2.01. The van der Waals surface area contributed by atoms with E-state index in [0.29, 0.717) is 10.7 Å². The highest BCUT2D eigenvalue weighted by Gasteiger charge is 2.11. The summed E-state index contributed by atoms with van der Waals surface area (Å²) in [6.07, 6.45) is 1.55. The van der Waals surface area contributed by atoms with Gasteiger partial charge in [-0.05, 0) is 26.0 Å². The van der Waals surface area contributed by atoms with Gasteiger partial charge in [-0.25, -0.2) is 9.67 Å². The Morgan fingerprint density at radius 3 is 2.52 bits per heavy atom. The standard InChI is InChI=1S/C20H17N5OS/c1-13-8-10-16(11-9-13)25-19(26)17(14(2)24-25)12-21-20-23-22-18(27-20)15-6-4-3-5-7-15/h3-12,24H,1-2H3/b21-12+. The van der Waals surface area contributed by atoms with E-state index >= 15 is 0 Å². The van der Waals surface area contributed by atoms with Crippen LogP contribution in [0.2, 0.25) is 0 Å². The molecule has 0 radical (unpaired) electrons. The number of H-pyrrole nitrogens is 1. The number of benzene rings is 2. The van der Waals surface area contributed by atoms with E-state index in [2.05, 4.69) is 20.3 Å². The number of rotatable bonds is 4. The Morgan fingerprint density at radius 2 is 1.78 bits per heavy atom. The van der Waals surface area contributed by atoms with Crippen molar-refractivity contribution in [2.75, 3.05) is 0 Å². The lowest BCUT2D eigenvalue weighted by molar-refractivity contribution is 0.835. The molecule has 0 saturated heterocycles. The van der Waals surface area contributed by atoms with Crippen molar-refractivity contribution in [3.05, 3.63) is 81.8 Å². The van der Waals surface area contributed by atoms with Crippen molar-refractivity contribution in [1.82, 2.24) is 20.0 Å². The predicted molar refractivity (Wildman–Crippen MR) is 108 cm³/mol. The summed E-state index contributed by atoms with van der Waals surface area (Å²) >= 11 is 1.38. The molecule has 0 saturated carbocycles. The van der Waals surface area contributed by atoms with Gasteiger partial charge in [0.15, 0.2) is 0 Å². The zero-order chi connectivity index (χ0) is 18.8. The lowest BCUT2D eigenvalue weighted by Crippen LogP contribution is -2.17. The normalized spacial score (nSPS) is 11.3. The van der Waals surface area contributed by atoms with Crippen LogP contribution >= 0.6 is 11.3 Å². The summed E-state index contributed by atoms with van der Waals surface area (Å²) in [5, 5.41) is 12.7. The van der Waals surface area contributed by atoms with E-state index in [1.165, 1.54) is 16.0 Å². The van der Waals surface area contributed by atoms with Crippen molar-refractivity contribution in [2.45, 2.75) is 13.8 Å². The van der Waals surface area contributed by atoms with Crippen LogP contribution in [0.4, 0.5) is 5.13 Å². The van der Waals surface area contributed by atoms with Crippen LogP contribution in [0.25, 0.3) is 16.3 Å². The van der Waals surface area contributed by atoms with Crippen LogP contribution < -0.4 is 5.56 Å². The van der Waals surface area contributed by atoms with Gasteiger partial charge in [-0.1, -0.05) is 59.4 Å². The Morgan fingerprint density at radius 1 is 1.04 bits per heavy atom. The molecule has 2 aromatic heterocycles. The molecule has 0 spiro atoms. The fourth-order valence-corrected chi connectivity index (χ4v) is 3.37. The van der Waals surface area contributed by atoms with Crippen LogP contribution in [0.1, 0.15) is 16.8 Å². The number of aromatic amines is 1. The monoisotopic (exact) mass is 375 g/mol. The molecule has 0 aliphatic carbocycles. The van der Waals surface area contributed by atoms with Gasteiger partial charge in [0.1, 0.15) is 5.01 Å². The van der Waals surface area contributed by atoms with Crippen LogP contribution in [-0.4, -0.2) is 26.2 Å². The third-order valence-electron chi connectivity index (χ3n) is 4.15. The molecule has 27 heavy (non-hydrogen) atoms. The molecule has 1 N–H and O–H groups in total. The molecule has 0 unspecified atom stereocenters. The molecule has 0 aliphatic heterocycles. The van der Waals surface area contributed by atoms with Crippen LogP contribution in [0.15, 0.2) is 64.4 Å². The zero-order valence-electron chi connectivity index (χ0n) is 14.9. The molecule has 0 amide bonds. The van der Waals surface area contributed by atoms with Gasteiger partial charge in [0.05, 0.1) is 11.3 Å². The van der Waals surface area contributed by atoms with Crippen LogP contribution in [0, 0.1) is 13.8 Å². The molecule has 6 nitrogen and oxygen atoms in total. The van der Waals surface area contributed by atoms with Gasteiger partial charge in [0.2, 0.25) is 5.13 Å². The quantitative estimate of drug-likeness (QED) is 0.547. The lowest BCUT2D eigenvalue weighted by atomic mass is 10.2. The van der Waals surface area contributed by atoms with E-state index in [4.69, 9.17) is 0 Å². The Balaban J connectivity index is 1.63. The van der Waals surface area contributed by atoms with E-state index in [-0.39, 0.29) is 5.56 Å². The summed E-state index contributed by atoms with van der Waals surface area (Å²) in [6, 6.07) is 17.6. The smallest absolute Gasteiger partial charge is 0.280 e. The third kappa shape index (κ3) is 3.50. The molecule has 2 aromatic carbocycles. The second-order valence-electron chi connectivity index (χ2n) is 6.14. The van der Waals surface area contributed by atoms with E-state index in [1.54, 1.807) is 6.21 Å². The maximum absolute atomic E-state index is 12.7. The molecule has 2 heterocycles. The Hall–Kier alpha value is -3.32. The van der Waals surface area contributed by atoms with Gasteiger partial charge in [-0.3, -0.25) is 9.89 Å². The highest BCUT2D eigenvalue weighted by molar-refractivity contribution is 7.18. The molecule has 0 atom stereocenters. The molecule has 7 heteroatoms. The Labute approximate surface area is 159 Å². The first-order valence-electron chi connectivity index (χ1n) is 8.43. The van der Waals surface area contributed by atoms with E-state index < -0.39 is 0 Å². The molecule has 4 aromatic rings. The number of nitrogens with one attached hydrogen (secondary N) is 1. The summed E-state index contributed by atoms with van der Waals surface area (Å²) in [5.41, 5.74) is 4.03. The van der Waals surface area contributed by atoms with Gasteiger partial charge in [-0.15, -0.1) is 10.2 Å². The number of nitrogens with zero attached hydrogens (tertiary/aromatic N) is 4. The number of hydrogen-bond donors (Lipinski definition) is 1. The number of hydrogen-bond acceptors (Lipinski definition) is 5. The average molecular weight is 375 g/mol. The van der Waals surface area contributed by atoms with Gasteiger partial charge < -0.3 is 0 Å². The highest BCUT2D eigenvalue weighted by Crippen LogP contribution is 2.27. The molecule has 134 valence electrons. The fraction of sp³-hybridized carbons (Fsp3) is 0.100. The topological polar surface area (TPSA) is 75.9 Å². The van der Waals surface area contributed by atoms with Crippen molar-refractivity contribution < 1.29 is 0 Å². The molecular weight excluding hydrogens is 358 g/mol. The first-order chi connectivity index (χ1) is 13.1. The maximum atomic E-state index is 12.7. The summed E-state index contributed by atoms with van der Waals surface area (Å²) < 4.78 is 1.52. The van der Waals surface area contributed by atoms with Gasteiger partial charge in [-0.2, -0.15) is 0 Å². The average Bonchev–Trinajstić information content (AvgIpc) is 3.27. The van der Waals surface area contributed by atoms with Crippen molar-refractivity contribution in [3.8, 4) is 16.3 Å². The van der Waals surface area contributed by atoms with E-state index in [0.717, 1.165) is 27.5 Å². The minimum absolute atomic E-state index is 0.145. The number of aryl methyl sites for hydroxylation is 2. The van der Waals surface area contributed by atoms with E-state index in [1.807, 2.05) is 68.4 Å². The third-order valence-corrected chi connectivity index (χ3v) is 5.03. The van der Waals surface area contributed by atoms with Crippen LogP contribution in [0.5, 0.6) is 0 Å². The molecule has 0 fully saturated rings. The molecule has 4 rings (SSSR count). The SMILES string of the molecule is Cc1ccc(-n2[nH]c(C)c(/C=N/c3nnc(-c4ccccc4)s3)c2=O)cc1. The fourth-order valence-electron chi connectivity index (χ4n) is 2.67. The minimum atomic E-state index is -0.145. The molecular formula is C20H17N5OS. The summed E-state index contributed by atoms with van der Waals surface area (Å²) in [5.74, 6) is 0. The zero-order valence-corrected chi connectivity index (χ0v) is 15.7. The Kier molecular flexibility index (Phi) is 4.52. The first kappa shape index (κ1) is 17.1. The first-order valence-corrected chi connectivity index (χ1v) is 9.25. The molecule has 0 bridgehead atoms. The Bertz CT molecular complexity index is 1150. The summed E-state index contributed by atoms with van der Waals surface area (Å²) in [7, 11) is 0. The number of aromatic nitrogens is 4. The summed E-state index contributed by atoms with van der Waals surface area (Å²) in [6.45, 7) is 3.86. The minimum Gasteiger partial charge on any atom is -0.295 e. The van der Waals surface area contributed by atoms with Crippen molar-refractivity contribution in [3.63, 3.8) is 0 Å². The van der Waals surface area contributed by atoms with Gasteiger partial charge in [0, 0.05) is 17.5 Å².